The maximum Gasteiger partial charge on any atom is 0.305 e. The predicted octanol–water partition coefficient (Wildman–Crippen LogP) is 3.27. The molecule has 1 fully saturated rings. The van der Waals surface area contributed by atoms with Gasteiger partial charge in [-0.3, -0.25) is 9.59 Å². The number of esters is 2. The van der Waals surface area contributed by atoms with Crippen molar-refractivity contribution in [3.63, 3.8) is 0 Å². The molecule has 0 saturated carbocycles. The number of hydrogen-bond acceptors (Lipinski definition) is 9. The number of carbonyl (C=O) groups excluding carboxylic acids is 2. The minimum atomic E-state index is -0.188. The highest BCUT2D eigenvalue weighted by Crippen LogP contribution is 2.26. The van der Waals surface area contributed by atoms with E-state index in [1.54, 1.807) is 21.6 Å². The molecule has 1 heterocycles. The van der Waals surface area contributed by atoms with E-state index in [-0.39, 0.29) is 34.3 Å². The average Bonchev–Trinajstić information content (AvgIpc) is 2.45. The molecule has 1 aliphatic rings. The fourth-order valence-electron chi connectivity index (χ4n) is 1.40. The van der Waals surface area contributed by atoms with Gasteiger partial charge in [-0.15, -0.1) is 11.8 Å². The molecule has 0 aliphatic carbocycles. The van der Waals surface area contributed by atoms with E-state index in [1.165, 1.54) is 11.8 Å². The Morgan fingerprint density at radius 2 is 1.29 bits per heavy atom. The van der Waals surface area contributed by atoms with E-state index in [1.807, 2.05) is 0 Å². The van der Waals surface area contributed by atoms with E-state index >= 15 is 0 Å². The maximum atomic E-state index is 11.5. The van der Waals surface area contributed by atoms with E-state index in [2.05, 4.69) is 25.3 Å². The number of hydrogen-bond donors (Lipinski definition) is 2. The van der Waals surface area contributed by atoms with Crippen LogP contribution in [0.3, 0.4) is 0 Å². The van der Waals surface area contributed by atoms with Gasteiger partial charge in [-0.2, -0.15) is 25.3 Å². The molecule has 0 spiro atoms. The average molecular weight is 389 g/mol. The zero-order valence-corrected chi connectivity index (χ0v) is 15.8. The van der Waals surface area contributed by atoms with Crippen molar-refractivity contribution in [2.24, 2.45) is 0 Å². The lowest BCUT2D eigenvalue weighted by molar-refractivity contribution is -0.143. The molecule has 0 aromatic carbocycles. The van der Waals surface area contributed by atoms with Crippen LogP contribution in [0.4, 0.5) is 0 Å². The molecule has 0 amide bonds. The number of cyclic esters (lactones) is 2. The fraction of sp³-hybridized carbons (Fsp3) is 0.833. The Morgan fingerprint density at radius 1 is 0.857 bits per heavy atom. The fourth-order valence-corrected chi connectivity index (χ4v) is 5.55. The lowest BCUT2D eigenvalue weighted by Crippen LogP contribution is -2.17. The highest BCUT2D eigenvalue weighted by atomic mass is 33.1. The largest absolute Gasteiger partial charge is 0.464 e. The molecular weight excluding hydrogens is 368 g/mol. The first-order valence-corrected chi connectivity index (χ1v) is 11.1. The standard InChI is InChI=1S/C12H20O4S5/c13-9-3-1-5-19-20-6-2-4-10(14)16-8-12(18)21-11(17)7-15-9/h11-12,17-18H,1-8H2. The summed E-state index contributed by atoms with van der Waals surface area (Å²) < 4.78 is 9.97. The van der Waals surface area contributed by atoms with Crippen LogP contribution in [-0.4, -0.2) is 45.8 Å². The molecule has 1 aliphatic heterocycles. The quantitative estimate of drug-likeness (QED) is 0.375. The second-order valence-corrected chi connectivity index (χ2v) is 10.3. The monoisotopic (exact) mass is 388 g/mol. The molecule has 2 unspecified atom stereocenters. The second-order valence-electron chi connectivity index (χ2n) is 4.26. The van der Waals surface area contributed by atoms with Crippen molar-refractivity contribution < 1.29 is 19.1 Å². The van der Waals surface area contributed by atoms with Crippen LogP contribution < -0.4 is 0 Å². The lowest BCUT2D eigenvalue weighted by Gasteiger charge is -2.16. The minimum Gasteiger partial charge on any atom is -0.464 e. The summed E-state index contributed by atoms with van der Waals surface area (Å²) in [5.74, 6) is 1.43. The molecule has 1 saturated heterocycles. The zero-order chi connectivity index (χ0) is 15.5. The summed E-state index contributed by atoms with van der Waals surface area (Å²) in [4.78, 5) is 23.1. The Labute approximate surface area is 148 Å². The highest BCUT2D eigenvalue weighted by molar-refractivity contribution is 8.76. The normalized spacial score (nSPS) is 28.3. The van der Waals surface area contributed by atoms with Crippen LogP contribution in [0.25, 0.3) is 0 Å². The van der Waals surface area contributed by atoms with Gasteiger partial charge in [0, 0.05) is 24.3 Å². The third-order valence-corrected chi connectivity index (χ3v) is 6.89. The Hall–Kier alpha value is 0.690. The SMILES string of the molecule is O=C1CCCSSCCCC(=O)OCC(S)SC(S)CO1. The zero-order valence-electron chi connectivity index (χ0n) is 11.6. The number of ether oxygens (including phenoxy) is 2. The first kappa shape index (κ1) is 19.7. The summed E-state index contributed by atoms with van der Waals surface area (Å²) in [7, 11) is 3.45. The predicted molar refractivity (Wildman–Crippen MR) is 98.4 cm³/mol. The summed E-state index contributed by atoms with van der Waals surface area (Å²) in [5, 5.41) is 0. The van der Waals surface area contributed by atoms with E-state index in [0.717, 1.165) is 24.3 Å². The third-order valence-electron chi connectivity index (χ3n) is 2.39. The summed E-state index contributed by atoms with van der Waals surface area (Å²) in [6.45, 7) is 0.471. The van der Waals surface area contributed by atoms with E-state index < -0.39 is 0 Å². The van der Waals surface area contributed by atoms with Crippen molar-refractivity contribution in [3.8, 4) is 0 Å². The van der Waals surface area contributed by atoms with Crippen LogP contribution in [0.2, 0.25) is 0 Å². The highest BCUT2D eigenvalue weighted by Gasteiger charge is 2.15. The molecule has 0 aromatic heterocycles. The third kappa shape index (κ3) is 11.0. The van der Waals surface area contributed by atoms with Gasteiger partial charge in [0.1, 0.15) is 13.2 Å². The van der Waals surface area contributed by atoms with Crippen LogP contribution in [-0.2, 0) is 19.1 Å². The molecule has 21 heavy (non-hydrogen) atoms. The van der Waals surface area contributed by atoms with Gasteiger partial charge in [-0.25, -0.2) is 0 Å². The molecule has 9 heteroatoms. The van der Waals surface area contributed by atoms with Gasteiger partial charge in [0.05, 0.1) is 9.16 Å². The van der Waals surface area contributed by atoms with Gasteiger partial charge in [0.2, 0.25) is 0 Å². The van der Waals surface area contributed by atoms with Crippen LogP contribution in [0.5, 0.6) is 0 Å². The van der Waals surface area contributed by atoms with Crippen molar-refractivity contribution in [2.75, 3.05) is 24.7 Å². The van der Waals surface area contributed by atoms with Gasteiger partial charge in [0.15, 0.2) is 0 Å². The summed E-state index contributed by atoms with van der Waals surface area (Å²) in [6, 6.07) is 0. The summed E-state index contributed by atoms with van der Waals surface area (Å²) >= 11 is 10.1. The smallest absolute Gasteiger partial charge is 0.305 e. The summed E-state index contributed by atoms with van der Waals surface area (Å²) in [6.07, 6.45) is 2.48. The summed E-state index contributed by atoms with van der Waals surface area (Å²) in [5.41, 5.74) is 0. The topological polar surface area (TPSA) is 52.6 Å². The van der Waals surface area contributed by atoms with Crippen LogP contribution in [0.1, 0.15) is 25.7 Å². The Morgan fingerprint density at radius 3 is 1.71 bits per heavy atom. The molecule has 4 nitrogen and oxygen atoms in total. The van der Waals surface area contributed by atoms with Gasteiger partial charge < -0.3 is 9.47 Å². The Balaban J connectivity index is 2.39. The van der Waals surface area contributed by atoms with Crippen LogP contribution in [0.15, 0.2) is 0 Å². The molecule has 0 aromatic rings. The number of carbonyl (C=O) groups is 2. The van der Waals surface area contributed by atoms with Crippen molar-refractivity contribution >= 4 is 70.5 Å². The van der Waals surface area contributed by atoms with Crippen molar-refractivity contribution in [1.29, 1.82) is 0 Å². The van der Waals surface area contributed by atoms with Crippen molar-refractivity contribution in [3.05, 3.63) is 0 Å². The first-order chi connectivity index (χ1) is 10.1. The van der Waals surface area contributed by atoms with E-state index in [4.69, 9.17) is 9.47 Å². The molecule has 2 atom stereocenters. The van der Waals surface area contributed by atoms with Crippen LogP contribution >= 0.6 is 58.6 Å². The maximum absolute atomic E-state index is 11.5. The first-order valence-electron chi connectivity index (χ1n) is 6.65. The van der Waals surface area contributed by atoms with Crippen molar-refractivity contribution in [2.45, 2.75) is 34.8 Å². The molecular formula is C12H20O4S5. The van der Waals surface area contributed by atoms with Gasteiger partial charge in [-0.05, 0) is 12.8 Å². The minimum absolute atomic E-state index is 0.171. The molecule has 0 bridgehead atoms. The molecule has 1 rings (SSSR count). The van der Waals surface area contributed by atoms with Crippen LogP contribution in [0, 0.1) is 0 Å². The number of thioether (sulfide) groups is 1. The Bertz CT molecular complexity index is 299. The lowest BCUT2D eigenvalue weighted by atomic mass is 10.3. The van der Waals surface area contributed by atoms with Gasteiger partial charge >= 0.3 is 11.9 Å². The van der Waals surface area contributed by atoms with Crippen molar-refractivity contribution in [1.82, 2.24) is 0 Å². The van der Waals surface area contributed by atoms with Gasteiger partial charge in [0.25, 0.3) is 0 Å². The number of thiol groups is 2. The molecule has 122 valence electrons. The van der Waals surface area contributed by atoms with E-state index in [0.29, 0.717) is 12.8 Å². The molecule has 0 radical (unpaired) electrons. The number of rotatable bonds is 0. The second kappa shape index (κ2) is 12.2. The van der Waals surface area contributed by atoms with Gasteiger partial charge in [-0.1, -0.05) is 21.6 Å². The molecule has 0 N–H and O–H groups in total. The Kier molecular flexibility index (Phi) is 11.4. The van der Waals surface area contributed by atoms with E-state index in [9.17, 15) is 9.59 Å².